The van der Waals surface area contributed by atoms with Crippen LogP contribution in [-0.4, -0.2) is 47.0 Å². The van der Waals surface area contributed by atoms with Crippen LogP contribution in [0.3, 0.4) is 0 Å². The molecule has 1 aliphatic rings. The largest absolute Gasteiger partial charge is 0.355 e. The smallest absolute Gasteiger partial charge is 0.276 e. The highest BCUT2D eigenvalue weighted by Gasteiger charge is 2.28. The Morgan fingerprint density at radius 3 is 2.80 bits per heavy atom. The molecule has 1 aliphatic heterocycles. The van der Waals surface area contributed by atoms with Crippen molar-refractivity contribution in [3.63, 3.8) is 0 Å². The molecule has 0 spiro atoms. The van der Waals surface area contributed by atoms with Gasteiger partial charge in [-0.05, 0) is 19.5 Å². The first-order valence-electron chi connectivity index (χ1n) is 6.86. The Labute approximate surface area is 123 Å². The molecule has 1 atom stereocenters. The van der Waals surface area contributed by atoms with Crippen molar-refractivity contribution in [3.8, 4) is 0 Å². The standard InChI is InChI=1S/C13H19ClN4O2/c1-3-16(4-2)10-5-6-17(9-10)13-8-11(18(19)20)7-12(14)15-13/h7-8,10H,3-6,9H2,1-2H3. The Balaban J connectivity index is 2.15. The van der Waals surface area contributed by atoms with E-state index in [9.17, 15) is 10.1 Å². The number of aromatic nitrogens is 1. The molecule has 0 amide bonds. The molecule has 7 heteroatoms. The van der Waals surface area contributed by atoms with Crippen molar-refractivity contribution in [2.24, 2.45) is 0 Å². The minimum absolute atomic E-state index is 0.00807. The number of hydrogen-bond acceptors (Lipinski definition) is 5. The second-order valence-electron chi connectivity index (χ2n) is 4.87. The fourth-order valence-electron chi connectivity index (χ4n) is 2.73. The third-order valence-electron chi connectivity index (χ3n) is 3.79. The number of nitro groups is 1. The molecule has 1 saturated heterocycles. The Morgan fingerprint density at radius 1 is 1.50 bits per heavy atom. The van der Waals surface area contributed by atoms with Crippen LogP contribution in [-0.2, 0) is 0 Å². The van der Waals surface area contributed by atoms with Crippen LogP contribution in [0, 0.1) is 10.1 Å². The lowest BCUT2D eigenvalue weighted by Crippen LogP contribution is -2.37. The second kappa shape index (κ2) is 6.37. The summed E-state index contributed by atoms with van der Waals surface area (Å²) in [5, 5.41) is 11.0. The fraction of sp³-hybridized carbons (Fsp3) is 0.615. The molecule has 0 saturated carbocycles. The average Bonchev–Trinajstić information content (AvgIpc) is 2.89. The van der Waals surface area contributed by atoms with Crippen molar-refractivity contribution in [3.05, 3.63) is 27.4 Å². The van der Waals surface area contributed by atoms with Gasteiger partial charge in [0.2, 0.25) is 0 Å². The van der Waals surface area contributed by atoms with Gasteiger partial charge in [-0.15, -0.1) is 0 Å². The highest BCUT2D eigenvalue weighted by atomic mass is 35.5. The lowest BCUT2D eigenvalue weighted by molar-refractivity contribution is -0.384. The number of rotatable bonds is 5. The van der Waals surface area contributed by atoms with Gasteiger partial charge in [0, 0.05) is 19.1 Å². The first-order valence-corrected chi connectivity index (χ1v) is 7.24. The van der Waals surface area contributed by atoms with E-state index in [1.807, 2.05) is 0 Å². The van der Waals surface area contributed by atoms with Gasteiger partial charge in [0.25, 0.3) is 5.69 Å². The predicted octanol–water partition coefficient (Wildman–Crippen LogP) is 2.56. The zero-order valence-corrected chi connectivity index (χ0v) is 12.5. The molecule has 20 heavy (non-hydrogen) atoms. The SMILES string of the molecule is CCN(CC)C1CCN(c2cc([N+](=O)[O-])cc(Cl)n2)C1. The average molecular weight is 299 g/mol. The summed E-state index contributed by atoms with van der Waals surface area (Å²) in [6.07, 6.45) is 1.05. The number of pyridine rings is 1. The Kier molecular flexibility index (Phi) is 4.77. The van der Waals surface area contributed by atoms with Crippen molar-refractivity contribution >= 4 is 23.1 Å². The summed E-state index contributed by atoms with van der Waals surface area (Å²) in [5.41, 5.74) is -0.00807. The van der Waals surface area contributed by atoms with Crippen molar-refractivity contribution in [2.45, 2.75) is 26.3 Å². The van der Waals surface area contributed by atoms with Crippen LogP contribution < -0.4 is 4.90 Å². The highest BCUT2D eigenvalue weighted by molar-refractivity contribution is 6.29. The third-order valence-corrected chi connectivity index (χ3v) is 3.99. The zero-order chi connectivity index (χ0) is 14.7. The molecule has 0 N–H and O–H groups in total. The van der Waals surface area contributed by atoms with Gasteiger partial charge in [-0.1, -0.05) is 25.4 Å². The topological polar surface area (TPSA) is 62.5 Å². The molecule has 2 rings (SSSR count). The minimum atomic E-state index is -0.436. The van der Waals surface area contributed by atoms with E-state index in [-0.39, 0.29) is 10.8 Å². The van der Waals surface area contributed by atoms with Gasteiger partial charge in [0.1, 0.15) is 11.0 Å². The molecule has 0 aliphatic carbocycles. The number of nitrogens with zero attached hydrogens (tertiary/aromatic N) is 4. The van der Waals surface area contributed by atoms with E-state index >= 15 is 0 Å². The van der Waals surface area contributed by atoms with E-state index in [2.05, 4.69) is 28.6 Å². The maximum Gasteiger partial charge on any atom is 0.276 e. The maximum absolute atomic E-state index is 10.9. The Hall–Kier alpha value is -1.40. The van der Waals surface area contributed by atoms with Crippen LogP contribution in [0.4, 0.5) is 11.5 Å². The lowest BCUT2D eigenvalue weighted by atomic mass is 10.2. The van der Waals surface area contributed by atoms with Crippen LogP contribution in [0.15, 0.2) is 12.1 Å². The molecule has 6 nitrogen and oxygen atoms in total. The van der Waals surface area contributed by atoms with Crippen molar-refractivity contribution in [1.29, 1.82) is 0 Å². The minimum Gasteiger partial charge on any atom is -0.355 e. The molecule has 1 aromatic rings. The third kappa shape index (κ3) is 3.19. The summed E-state index contributed by atoms with van der Waals surface area (Å²) in [7, 11) is 0. The molecule has 110 valence electrons. The number of hydrogen-bond donors (Lipinski definition) is 0. The van der Waals surface area contributed by atoms with Crippen molar-refractivity contribution < 1.29 is 4.92 Å². The summed E-state index contributed by atoms with van der Waals surface area (Å²) in [6.45, 7) is 8.01. The van der Waals surface area contributed by atoms with Crippen LogP contribution >= 0.6 is 11.6 Å². The van der Waals surface area contributed by atoms with E-state index in [1.54, 1.807) is 0 Å². The predicted molar refractivity (Wildman–Crippen MR) is 79.4 cm³/mol. The summed E-state index contributed by atoms with van der Waals surface area (Å²) >= 11 is 5.87. The monoisotopic (exact) mass is 298 g/mol. The molecule has 0 aromatic carbocycles. The molecule has 2 heterocycles. The van der Waals surface area contributed by atoms with Crippen molar-refractivity contribution in [2.75, 3.05) is 31.1 Å². The quantitative estimate of drug-likeness (QED) is 0.475. The summed E-state index contributed by atoms with van der Waals surface area (Å²) in [5.74, 6) is 0.596. The van der Waals surface area contributed by atoms with Gasteiger partial charge in [-0.2, -0.15) is 0 Å². The summed E-state index contributed by atoms with van der Waals surface area (Å²) in [6, 6.07) is 3.25. The van der Waals surface area contributed by atoms with Gasteiger partial charge in [-0.25, -0.2) is 4.98 Å². The normalized spacial score (nSPS) is 18.8. The van der Waals surface area contributed by atoms with Crippen LogP contribution in [0.1, 0.15) is 20.3 Å². The van der Waals surface area contributed by atoms with Crippen LogP contribution in [0.2, 0.25) is 5.15 Å². The van der Waals surface area contributed by atoms with Crippen molar-refractivity contribution in [1.82, 2.24) is 9.88 Å². The second-order valence-corrected chi connectivity index (χ2v) is 5.26. The molecule has 1 aromatic heterocycles. The Morgan fingerprint density at radius 2 is 2.20 bits per heavy atom. The van der Waals surface area contributed by atoms with E-state index < -0.39 is 4.92 Å². The number of likely N-dealkylation sites (N-methyl/N-ethyl adjacent to an activating group) is 1. The number of anilines is 1. The van der Waals surface area contributed by atoms with E-state index in [0.29, 0.717) is 11.9 Å². The van der Waals surface area contributed by atoms with Crippen LogP contribution in [0.25, 0.3) is 0 Å². The molecule has 0 radical (unpaired) electrons. The van der Waals surface area contributed by atoms with Gasteiger partial charge >= 0.3 is 0 Å². The molecule has 0 bridgehead atoms. The molecular weight excluding hydrogens is 280 g/mol. The number of halogens is 1. The first kappa shape index (κ1) is 15.0. The fourth-order valence-corrected chi connectivity index (χ4v) is 2.92. The van der Waals surface area contributed by atoms with E-state index in [0.717, 1.165) is 32.6 Å². The van der Waals surface area contributed by atoms with Gasteiger partial charge in [0.05, 0.1) is 17.1 Å². The lowest BCUT2D eigenvalue weighted by Gasteiger charge is -2.26. The maximum atomic E-state index is 10.9. The van der Waals surface area contributed by atoms with Gasteiger partial charge in [-0.3, -0.25) is 15.0 Å². The summed E-state index contributed by atoms with van der Waals surface area (Å²) < 4.78 is 0. The molecule has 1 fully saturated rings. The molecular formula is C13H19ClN4O2. The summed E-state index contributed by atoms with van der Waals surface area (Å²) in [4.78, 5) is 19.1. The highest BCUT2D eigenvalue weighted by Crippen LogP contribution is 2.27. The van der Waals surface area contributed by atoms with Gasteiger partial charge < -0.3 is 4.90 Å². The van der Waals surface area contributed by atoms with Crippen LogP contribution in [0.5, 0.6) is 0 Å². The zero-order valence-electron chi connectivity index (χ0n) is 11.8. The van der Waals surface area contributed by atoms with Gasteiger partial charge in [0.15, 0.2) is 0 Å². The Bertz CT molecular complexity index is 493. The van der Waals surface area contributed by atoms with E-state index in [1.165, 1.54) is 12.1 Å². The first-order chi connectivity index (χ1) is 9.55. The molecule has 1 unspecified atom stereocenters. The van der Waals surface area contributed by atoms with E-state index in [4.69, 9.17) is 11.6 Å².